The Hall–Kier alpha value is -1.03. The van der Waals surface area contributed by atoms with Gasteiger partial charge >= 0.3 is 0 Å². The molecule has 0 aromatic carbocycles. The fraction of sp³-hybridized carbons (Fsp3) is 0.714. The lowest BCUT2D eigenvalue weighted by Gasteiger charge is -2.17. The summed E-state index contributed by atoms with van der Waals surface area (Å²) in [6, 6.07) is 0. The highest BCUT2D eigenvalue weighted by atomic mass is 35.5. The number of hydrogen-bond donors (Lipinski definition) is 2. The Balaban J connectivity index is 1.94. The summed E-state index contributed by atoms with van der Waals surface area (Å²) in [4.78, 5) is 8.61. The lowest BCUT2D eigenvalue weighted by atomic mass is 9.98. The third kappa shape index (κ3) is 3.96. The number of aromatic nitrogens is 2. The first-order valence-corrected chi connectivity index (χ1v) is 7.58. The van der Waals surface area contributed by atoms with Crippen LogP contribution in [0, 0.1) is 11.8 Å². The SMILES string of the molecule is CCCNc1ncc(Cl)c(NCC2CCCC2C)n1. The maximum atomic E-state index is 6.14. The lowest BCUT2D eigenvalue weighted by Crippen LogP contribution is -2.17. The van der Waals surface area contributed by atoms with Gasteiger partial charge in [0.05, 0.1) is 6.20 Å². The summed E-state index contributed by atoms with van der Waals surface area (Å²) < 4.78 is 0. The summed E-state index contributed by atoms with van der Waals surface area (Å²) in [5.41, 5.74) is 0. The van der Waals surface area contributed by atoms with Crippen LogP contribution in [0.25, 0.3) is 0 Å². The highest BCUT2D eigenvalue weighted by Crippen LogP contribution is 2.31. The predicted octanol–water partition coefficient (Wildman–Crippen LogP) is 3.80. The van der Waals surface area contributed by atoms with Crippen LogP contribution in [0.1, 0.15) is 39.5 Å². The normalized spacial score (nSPS) is 22.5. The molecule has 0 saturated heterocycles. The molecule has 0 radical (unpaired) electrons. The molecule has 5 heteroatoms. The third-order valence-corrected chi connectivity index (χ3v) is 4.12. The first kappa shape index (κ1) is 14.4. The van der Waals surface area contributed by atoms with Crippen molar-refractivity contribution in [3.05, 3.63) is 11.2 Å². The molecule has 2 unspecified atom stereocenters. The van der Waals surface area contributed by atoms with E-state index in [-0.39, 0.29) is 0 Å². The Morgan fingerprint density at radius 3 is 2.89 bits per heavy atom. The van der Waals surface area contributed by atoms with E-state index in [0.29, 0.717) is 11.0 Å². The number of anilines is 2. The number of nitrogens with zero attached hydrogens (tertiary/aromatic N) is 2. The molecule has 1 aromatic heterocycles. The Bertz CT molecular complexity index is 410. The summed E-state index contributed by atoms with van der Waals surface area (Å²) in [5, 5.41) is 7.15. The quantitative estimate of drug-likeness (QED) is 0.833. The van der Waals surface area contributed by atoms with Crippen molar-refractivity contribution < 1.29 is 0 Å². The minimum Gasteiger partial charge on any atom is -0.368 e. The van der Waals surface area contributed by atoms with Gasteiger partial charge in [-0.15, -0.1) is 0 Å². The molecule has 1 aliphatic carbocycles. The zero-order chi connectivity index (χ0) is 13.7. The standard InChI is InChI=1S/C14H23ClN4/c1-3-7-16-14-18-9-12(15)13(19-14)17-8-11-6-4-5-10(11)2/h9-11H,3-8H2,1-2H3,(H2,16,17,18,19). The number of halogens is 1. The van der Waals surface area contributed by atoms with Gasteiger partial charge in [0.25, 0.3) is 0 Å². The zero-order valence-electron chi connectivity index (χ0n) is 11.7. The van der Waals surface area contributed by atoms with Gasteiger partial charge in [-0.2, -0.15) is 4.98 Å². The van der Waals surface area contributed by atoms with Gasteiger partial charge in [0.2, 0.25) is 5.95 Å². The van der Waals surface area contributed by atoms with Crippen molar-refractivity contribution in [2.45, 2.75) is 39.5 Å². The van der Waals surface area contributed by atoms with Crippen LogP contribution < -0.4 is 10.6 Å². The molecule has 0 spiro atoms. The zero-order valence-corrected chi connectivity index (χ0v) is 12.5. The molecule has 1 saturated carbocycles. The predicted molar refractivity (Wildman–Crippen MR) is 80.8 cm³/mol. The second-order valence-corrected chi connectivity index (χ2v) is 5.77. The molecule has 4 nitrogen and oxygen atoms in total. The van der Waals surface area contributed by atoms with Crippen molar-refractivity contribution in [2.24, 2.45) is 11.8 Å². The molecule has 106 valence electrons. The molecule has 2 atom stereocenters. The van der Waals surface area contributed by atoms with E-state index < -0.39 is 0 Å². The Labute approximate surface area is 120 Å². The lowest BCUT2D eigenvalue weighted by molar-refractivity contribution is 0.439. The van der Waals surface area contributed by atoms with Crippen molar-refractivity contribution in [1.29, 1.82) is 0 Å². The third-order valence-electron chi connectivity index (χ3n) is 3.85. The van der Waals surface area contributed by atoms with Gasteiger partial charge in [-0.25, -0.2) is 4.98 Å². The molecule has 2 rings (SSSR count). The molecule has 1 aromatic rings. The fourth-order valence-electron chi connectivity index (χ4n) is 2.57. The Morgan fingerprint density at radius 1 is 1.37 bits per heavy atom. The molecule has 1 aliphatic rings. The summed E-state index contributed by atoms with van der Waals surface area (Å²) in [6.45, 7) is 6.27. The van der Waals surface area contributed by atoms with Gasteiger partial charge in [0.15, 0.2) is 0 Å². The van der Waals surface area contributed by atoms with Gasteiger partial charge in [0.1, 0.15) is 10.8 Å². The first-order valence-electron chi connectivity index (χ1n) is 7.21. The van der Waals surface area contributed by atoms with Crippen LogP contribution in [-0.4, -0.2) is 23.1 Å². The monoisotopic (exact) mass is 282 g/mol. The second-order valence-electron chi connectivity index (χ2n) is 5.37. The topological polar surface area (TPSA) is 49.8 Å². The van der Waals surface area contributed by atoms with Crippen LogP contribution in [0.5, 0.6) is 0 Å². The minimum atomic E-state index is 0.590. The van der Waals surface area contributed by atoms with Crippen LogP contribution in [0.15, 0.2) is 6.20 Å². The van der Waals surface area contributed by atoms with Crippen molar-refractivity contribution in [2.75, 3.05) is 23.7 Å². The molecule has 0 amide bonds. The van der Waals surface area contributed by atoms with E-state index in [4.69, 9.17) is 11.6 Å². The van der Waals surface area contributed by atoms with E-state index in [9.17, 15) is 0 Å². The van der Waals surface area contributed by atoms with E-state index >= 15 is 0 Å². The molecule has 1 fully saturated rings. The molecule has 19 heavy (non-hydrogen) atoms. The molecular weight excluding hydrogens is 260 g/mol. The highest BCUT2D eigenvalue weighted by molar-refractivity contribution is 6.32. The van der Waals surface area contributed by atoms with Gasteiger partial charge in [0, 0.05) is 13.1 Å². The van der Waals surface area contributed by atoms with E-state index in [0.717, 1.165) is 37.2 Å². The fourth-order valence-corrected chi connectivity index (χ4v) is 2.72. The van der Waals surface area contributed by atoms with Crippen molar-refractivity contribution in [3.63, 3.8) is 0 Å². The highest BCUT2D eigenvalue weighted by Gasteiger charge is 2.23. The van der Waals surface area contributed by atoms with Crippen molar-refractivity contribution in [3.8, 4) is 0 Å². The van der Waals surface area contributed by atoms with E-state index in [1.807, 2.05) is 0 Å². The number of nitrogens with one attached hydrogen (secondary N) is 2. The van der Waals surface area contributed by atoms with Crippen molar-refractivity contribution >= 4 is 23.4 Å². The smallest absolute Gasteiger partial charge is 0.224 e. The van der Waals surface area contributed by atoms with Gasteiger partial charge in [-0.05, 0) is 24.7 Å². The summed E-state index contributed by atoms with van der Waals surface area (Å²) >= 11 is 6.14. The molecule has 0 bridgehead atoms. The maximum absolute atomic E-state index is 6.14. The van der Waals surface area contributed by atoms with Gasteiger partial charge in [-0.1, -0.05) is 38.3 Å². The number of rotatable bonds is 6. The van der Waals surface area contributed by atoms with Crippen LogP contribution in [0.2, 0.25) is 5.02 Å². The molecule has 1 heterocycles. The van der Waals surface area contributed by atoms with E-state index in [1.165, 1.54) is 19.3 Å². The van der Waals surface area contributed by atoms with Crippen LogP contribution in [-0.2, 0) is 0 Å². The first-order chi connectivity index (χ1) is 9.20. The van der Waals surface area contributed by atoms with E-state index in [2.05, 4.69) is 34.4 Å². The summed E-state index contributed by atoms with van der Waals surface area (Å²) in [6.07, 6.45) is 6.70. The van der Waals surface area contributed by atoms with E-state index in [1.54, 1.807) is 6.20 Å². The van der Waals surface area contributed by atoms with Crippen LogP contribution in [0.3, 0.4) is 0 Å². The largest absolute Gasteiger partial charge is 0.368 e. The summed E-state index contributed by atoms with van der Waals surface area (Å²) in [7, 11) is 0. The van der Waals surface area contributed by atoms with Gasteiger partial charge < -0.3 is 10.6 Å². The Kier molecular flexibility index (Phi) is 5.25. The Morgan fingerprint density at radius 2 is 2.21 bits per heavy atom. The van der Waals surface area contributed by atoms with Crippen molar-refractivity contribution in [1.82, 2.24) is 9.97 Å². The summed E-state index contributed by atoms with van der Waals surface area (Å²) in [5.74, 6) is 2.92. The minimum absolute atomic E-state index is 0.590. The molecule has 0 aliphatic heterocycles. The average Bonchev–Trinajstić information content (AvgIpc) is 2.82. The number of hydrogen-bond acceptors (Lipinski definition) is 4. The average molecular weight is 283 g/mol. The molecular formula is C14H23ClN4. The molecule has 2 N–H and O–H groups in total. The van der Waals surface area contributed by atoms with Crippen LogP contribution >= 0.6 is 11.6 Å². The van der Waals surface area contributed by atoms with Crippen LogP contribution in [0.4, 0.5) is 11.8 Å². The van der Waals surface area contributed by atoms with Gasteiger partial charge in [-0.3, -0.25) is 0 Å². The second kappa shape index (κ2) is 6.94. The maximum Gasteiger partial charge on any atom is 0.224 e.